The normalized spacial score (nSPS) is 19.4. The highest BCUT2D eigenvalue weighted by Gasteiger charge is 2.44. The molecule has 0 unspecified atom stereocenters. The van der Waals surface area contributed by atoms with Crippen LogP contribution in [0.1, 0.15) is 19.3 Å². The molecule has 0 bridgehead atoms. The van der Waals surface area contributed by atoms with Gasteiger partial charge in [0.25, 0.3) is 5.56 Å². The first-order valence-corrected chi connectivity index (χ1v) is 13.5. The number of hydrogen-bond donors (Lipinski definition) is 0. The van der Waals surface area contributed by atoms with E-state index in [1.807, 2.05) is 24.3 Å². The number of carbonyl (C=O) groups excluding carboxylic acids is 2. The molecule has 0 saturated carbocycles. The van der Waals surface area contributed by atoms with Crippen LogP contribution in [0.15, 0.2) is 59.4 Å². The molecule has 0 aliphatic carbocycles. The van der Waals surface area contributed by atoms with E-state index in [1.54, 1.807) is 35.2 Å². The molecular weight excluding hydrogens is 468 g/mol. The first kappa shape index (κ1) is 23.2. The Balaban J connectivity index is 1.43. The van der Waals surface area contributed by atoms with Gasteiger partial charge < -0.3 is 14.4 Å². The van der Waals surface area contributed by atoms with Gasteiger partial charge in [0.05, 0.1) is 16.8 Å². The van der Waals surface area contributed by atoms with Crippen molar-refractivity contribution in [1.82, 2.24) is 19.4 Å². The quantitative estimate of drug-likeness (QED) is 0.534. The molecule has 0 radical (unpaired) electrons. The Bertz CT molecular complexity index is 1450. The van der Waals surface area contributed by atoms with Crippen LogP contribution in [0.5, 0.6) is 0 Å². The molecule has 2 amide bonds. The van der Waals surface area contributed by atoms with E-state index in [2.05, 4.69) is 4.98 Å². The summed E-state index contributed by atoms with van der Waals surface area (Å²) in [5, 5.41) is 0. The maximum absolute atomic E-state index is 13.4. The van der Waals surface area contributed by atoms with E-state index in [0.717, 1.165) is 12.8 Å². The summed E-state index contributed by atoms with van der Waals surface area (Å²) in [6.45, 7) is 1.21. The predicted octanol–water partition coefficient (Wildman–Crippen LogP) is 1.66. The molecule has 2 saturated heterocycles. The number of para-hydroxylation sites is 2. The lowest BCUT2D eigenvalue weighted by molar-refractivity contribution is -0.142. The van der Waals surface area contributed by atoms with Crippen molar-refractivity contribution in [1.29, 1.82) is 0 Å². The van der Waals surface area contributed by atoms with Crippen LogP contribution in [0.3, 0.4) is 0 Å². The molecule has 2 aliphatic heterocycles. The number of hydrogen-bond acceptors (Lipinski definition) is 6. The molecule has 2 aromatic carbocycles. The molecule has 10 heteroatoms. The summed E-state index contributed by atoms with van der Waals surface area (Å²) >= 11 is 0. The lowest BCUT2D eigenvalue weighted by atomic mass is 10.1. The van der Waals surface area contributed by atoms with E-state index in [1.165, 1.54) is 9.47 Å². The summed E-state index contributed by atoms with van der Waals surface area (Å²) in [7, 11) is -3.55. The predicted molar refractivity (Wildman–Crippen MR) is 131 cm³/mol. The van der Waals surface area contributed by atoms with E-state index in [0.29, 0.717) is 29.7 Å². The van der Waals surface area contributed by atoms with E-state index in [-0.39, 0.29) is 35.9 Å². The van der Waals surface area contributed by atoms with Gasteiger partial charge in [-0.2, -0.15) is 0 Å². The van der Waals surface area contributed by atoms with Crippen LogP contribution in [0.4, 0.5) is 0 Å². The topological polar surface area (TPSA) is 110 Å². The molecule has 3 heterocycles. The van der Waals surface area contributed by atoms with Crippen molar-refractivity contribution in [2.75, 3.05) is 24.7 Å². The number of carbonyl (C=O) groups is 2. The molecule has 2 fully saturated rings. The van der Waals surface area contributed by atoms with Crippen molar-refractivity contribution in [2.24, 2.45) is 0 Å². The number of aromatic nitrogens is 2. The highest BCUT2D eigenvalue weighted by atomic mass is 32.2. The van der Waals surface area contributed by atoms with Crippen LogP contribution >= 0.6 is 0 Å². The van der Waals surface area contributed by atoms with Gasteiger partial charge >= 0.3 is 0 Å². The van der Waals surface area contributed by atoms with Gasteiger partial charge in [-0.15, -0.1) is 0 Å². The van der Waals surface area contributed by atoms with Gasteiger partial charge in [0.1, 0.15) is 17.6 Å². The fourth-order valence-electron chi connectivity index (χ4n) is 4.83. The Kier molecular flexibility index (Phi) is 6.14. The van der Waals surface area contributed by atoms with Crippen LogP contribution in [-0.4, -0.2) is 70.3 Å². The highest BCUT2D eigenvalue weighted by molar-refractivity contribution is 7.91. The molecule has 3 aromatic rings. The van der Waals surface area contributed by atoms with Crippen molar-refractivity contribution in [2.45, 2.75) is 31.8 Å². The van der Waals surface area contributed by atoms with Crippen molar-refractivity contribution in [3.8, 4) is 11.3 Å². The smallest absolute Gasteiger partial charge is 0.277 e. The van der Waals surface area contributed by atoms with E-state index in [9.17, 15) is 22.8 Å². The number of nitrogens with zero attached hydrogens (tertiary/aromatic N) is 4. The molecule has 1 aromatic heterocycles. The molecule has 35 heavy (non-hydrogen) atoms. The second kappa shape index (κ2) is 9.26. The second-order valence-electron chi connectivity index (χ2n) is 8.97. The first-order chi connectivity index (χ1) is 16.8. The summed E-state index contributed by atoms with van der Waals surface area (Å²) in [6, 6.07) is 15.3. The summed E-state index contributed by atoms with van der Waals surface area (Å²) in [5.41, 5.74) is 1.82. The molecular formula is C25H26N4O5S. The Morgan fingerprint density at radius 1 is 0.971 bits per heavy atom. The zero-order valence-electron chi connectivity index (χ0n) is 19.2. The van der Waals surface area contributed by atoms with Crippen molar-refractivity contribution in [3.05, 3.63) is 65.0 Å². The third-order valence-corrected chi connectivity index (χ3v) is 8.09. The summed E-state index contributed by atoms with van der Waals surface area (Å²) in [6.07, 6.45) is 1.64. The standard InChI is InChI=1S/C25H26N4O5S/c30-22(29-17-35(33,34)16-21(29)24(31)27-13-6-7-14-27)12-15-28-20-11-5-4-10-19(20)26-23(25(28)32)18-8-2-1-3-9-18/h1-5,8-11,21H,6-7,12-17H2/t21-/m0/s1. The summed E-state index contributed by atoms with van der Waals surface area (Å²) < 4.78 is 26.2. The maximum Gasteiger partial charge on any atom is 0.277 e. The third kappa shape index (κ3) is 4.58. The molecule has 0 N–H and O–H groups in total. The minimum absolute atomic E-state index is 0.0434. The first-order valence-electron chi connectivity index (χ1n) is 11.7. The largest absolute Gasteiger partial charge is 0.341 e. The fraction of sp³-hybridized carbons (Fsp3) is 0.360. The third-order valence-electron chi connectivity index (χ3n) is 6.60. The van der Waals surface area contributed by atoms with Crippen LogP contribution in [0.2, 0.25) is 0 Å². The van der Waals surface area contributed by atoms with E-state index < -0.39 is 27.7 Å². The lowest BCUT2D eigenvalue weighted by Gasteiger charge is -2.26. The van der Waals surface area contributed by atoms with Gasteiger partial charge in [0, 0.05) is 31.6 Å². The van der Waals surface area contributed by atoms with Gasteiger partial charge in [-0.05, 0) is 25.0 Å². The molecule has 1 atom stereocenters. The SMILES string of the molecule is O=C([C@@H]1CS(=O)(=O)CN1C(=O)CCn1c(=O)c(-c2ccccc2)nc2ccccc21)N1CCCC1. The van der Waals surface area contributed by atoms with Crippen LogP contribution in [-0.2, 0) is 26.0 Å². The number of amides is 2. The number of sulfone groups is 1. The Morgan fingerprint density at radius 2 is 1.66 bits per heavy atom. The number of aryl methyl sites for hydroxylation is 1. The molecule has 0 spiro atoms. The van der Waals surface area contributed by atoms with E-state index >= 15 is 0 Å². The van der Waals surface area contributed by atoms with Crippen molar-refractivity contribution < 1.29 is 18.0 Å². The van der Waals surface area contributed by atoms with Gasteiger partial charge in [-0.1, -0.05) is 42.5 Å². The average Bonchev–Trinajstić information content (AvgIpc) is 3.51. The number of fused-ring (bicyclic) bond motifs is 1. The van der Waals surface area contributed by atoms with Gasteiger partial charge in [0.15, 0.2) is 9.84 Å². The second-order valence-corrected chi connectivity index (χ2v) is 11.1. The zero-order chi connectivity index (χ0) is 24.6. The van der Waals surface area contributed by atoms with Crippen LogP contribution in [0.25, 0.3) is 22.3 Å². The van der Waals surface area contributed by atoms with Crippen LogP contribution < -0.4 is 5.56 Å². The minimum Gasteiger partial charge on any atom is -0.341 e. The number of rotatable bonds is 5. The van der Waals surface area contributed by atoms with Crippen LogP contribution in [0, 0.1) is 0 Å². The molecule has 182 valence electrons. The average molecular weight is 495 g/mol. The summed E-state index contributed by atoms with van der Waals surface area (Å²) in [4.78, 5) is 46.9. The number of likely N-dealkylation sites (tertiary alicyclic amines) is 1. The zero-order valence-corrected chi connectivity index (χ0v) is 20.0. The monoisotopic (exact) mass is 494 g/mol. The van der Waals surface area contributed by atoms with Gasteiger partial charge in [0.2, 0.25) is 11.8 Å². The van der Waals surface area contributed by atoms with E-state index in [4.69, 9.17) is 0 Å². The van der Waals surface area contributed by atoms with Crippen molar-refractivity contribution in [3.63, 3.8) is 0 Å². The highest BCUT2D eigenvalue weighted by Crippen LogP contribution is 2.22. The van der Waals surface area contributed by atoms with Crippen molar-refractivity contribution >= 4 is 32.7 Å². The Morgan fingerprint density at radius 3 is 2.40 bits per heavy atom. The molecule has 9 nitrogen and oxygen atoms in total. The Hall–Kier alpha value is -3.53. The maximum atomic E-state index is 13.4. The fourth-order valence-corrected chi connectivity index (χ4v) is 6.49. The molecule has 5 rings (SSSR count). The van der Waals surface area contributed by atoms with Gasteiger partial charge in [-0.25, -0.2) is 13.4 Å². The van der Waals surface area contributed by atoms with Gasteiger partial charge in [-0.3, -0.25) is 14.4 Å². The summed E-state index contributed by atoms with van der Waals surface area (Å²) in [5.74, 6) is -1.60. The lowest BCUT2D eigenvalue weighted by Crippen LogP contribution is -2.48. The Labute approximate surface area is 202 Å². The number of benzene rings is 2. The minimum atomic E-state index is -3.55. The molecule has 2 aliphatic rings.